The molecule has 0 aliphatic heterocycles. The van der Waals surface area contributed by atoms with E-state index in [1.54, 1.807) is 13.0 Å². The molecule has 7 heteroatoms. The van der Waals surface area contributed by atoms with Gasteiger partial charge in [-0.1, -0.05) is 15.9 Å². The minimum Gasteiger partial charge on any atom is -0.462 e. The van der Waals surface area contributed by atoms with Gasteiger partial charge in [0.2, 0.25) is 0 Å². The highest BCUT2D eigenvalue weighted by Gasteiger charge is 2.22. The lowest BCUT2D eigenvalue weighted by Gasteiger charge is -2.12. The number of alkyl halides is 3. The highest BCUT2D eigenvalue weighted by Crippen LogP contribution is 2.28. The van der Waals surface area contributed by atoms with Crippen LogP contribution in [0.5, 0.6) is 5.75 Å². The molecule has 1 aromatic carbocycles. The molecule has 0 N–H and O–H groups in total. The van der Waals surface area contributed by atoms with Crippen molar-refractivity contribution in [2.24, 2.45) is 0 Å². The Morgan fingerprint density at radius 1 is 1.53 bits per heavy atom. The Kier molecular flexibility index (Phi) is 5.70. The molecule has 0 aromatic heterocycles. The maximum Gasteiger partial charge on any atom is 0.387 e. The van der Waals surface area contributed by atoms with Crippen LogP contribution in [0.3, 0.4) is 0 Å². The molecule has 0 aliphatic carbocycles. The molecule has 19 heavy (non-hydrogen) atoms. The number of benzene rings is 1. The fourth-order valence-electron chi connectivity index (χ4n) is 1.44. The van der Waals surface area contributed by atoms with Crippen molar-refractivity contribution in [2.45, 2.75) is 18.9 Å². The second-order valence-electron chi connectivity index (χ2n) is 3.36. The third-order valence-electron chi connectivity index (χ3n) is 2.13. The summed E-state index contributed by atoms with van der Waals surface area (Å²) in [6.45, 7) is -1.45. The van der Waals surface area contributed by atoms with Crippen LogP contribution in [-0.2, 0) is 10.1 Å². The molecule has 0 saturated heterocycles. The minimum absolute atomic E-state index is 0.0638. The summed E-state index contributed by atoms with van der Waals surface area (Å²) in [6.07, 6.45) is 0. The zero-order chi connectivity index (χ0) is 14.4. The number of esters is 1. The summed E-state index contributed by atoms with van der Waals surface area (Å²) in [5.41, 5.74) is 0.195. The first kappa shape index (κ1) is 15.4. The molecule has 0 aliphatic rings. The Hall–Kier alpha value is -1.68. The summed E-state index contributed by atoms with van der Waals surface area (Å²) in [5.74, 6) is -1.22. The van der Waals surface area contributed by atoms with Gasteiger partial charge in [0, 0.05) is 5.33 Å². The van der Waals surface area contributed by atoms with Crippen LogP contribution < -0.4 is 4.74 Å². The minimum atomic E-state index is -3.09. The van der Waals surface area contributed by atoms with Crippen LogP contribution in [0.15, 0.2) is 12.1 Å². The fraction of sp³-hybridized carbons (Fsp3) is 0.333. The van der Waals surface area contributed by atoms with E-state index in [1.807, 2.05) is 0 Å². The number of carbonyl (C=O) groups is 1. The normalized spacial score (nSPS) is 10.1. The molecular weight excluding hydrogens is 324 g/mol. The summed E-state index contributed by atoms with van der Waals surface area (Å²) >= 11 is 3.14. The Balaban J connectivity index is 3.38. The summed E-state index contributed by atoms with van der Waals surface area (Å²) < 4.78 is 33.7. The van der Waals surface area contributed by atoms with Crippen molar-refractivity contribution in [1.29, 1.82) is 5.26 Å². The number of hydrogen-bond acceptors (Lipinski definition) is 4. The first-order valence-corrected chi connectivity index (χ1v) is 6.40. The zero-order valence-electron chi connectivity index (χ0n) is 9.95. The largest absolute Gasteiger partial charge is 0.462 e. The number of nitrogens with zero attached hydrogens (tertiary/aromatic N) is 1. The lowest BCUT2D eigenvalue weighted by atomic mass is 10.0. The lowest BCUT2D eigenvalue weighted by molar-refractivity contribution is -0.0504. The van der Waals surface area contributed by atoms with Gasteiger partial charge in [0.25, 0.3) is 0 Å². The van der Waals surface area contributed by atoms with Crippen molar-refractivity contribution in [3.05, 3.63) is 28.8 Å². The topological polar surface area (TPSA) is 59.3 Å². The van der Waals surface area contributed by atoms with E-state index in [9.17, 15) is 13.6 Å². The Labute approximate surface area is 117 Å². The standard InChI is InChI=1S/C12H10BrF2NO3/c1-2-18-11(17)10-8(6-16)3-7(5-13)4-9(10)19-12(14)15/h3-4,12H,2,5H2,1H3. The first-order chi connectivity index (χ1) is 9.03. The second kappa shape index (κ2) is 7.04. The van der Waals surface area contributed by atoms with Crippen molar-refractivity contribution < 1.29 is 23.0 Å². The number of nitriles is 1. The number of ether oxygens (including phenoxy) is 2. The SMILES string of the molecule is CCOC(=O)c1c(C#N)cc(CBr)cc1OC(F)F. The zero-order valence-corrected chi connectivity index (χ0v) is 11.5. The highest BCUT2D eigenvalue weighted by atomic mass is 79.9. The first-order valence-electron chi connectivity index (χ1n) is 5.28. The Morgan fingerprint density at radius 3 is 2.68 bits per heavy atom. The quantitative estimate of drug-likeness (QED) is 0.613. The molecule has 0 radical (unpaired) electrons. The van der Waals surface area contributed by atoms with Crippen molar-refractivity contribution in [1.82, 2.24) is 0 Å². The molecule has 0 spiro atoms. The molecule has 102 valence electrons. The van der Waals surface area contributed by atoms with Gasteiger partial charge in [-0.05, 0) is 24.6 Å². The third-order valence-corrected chi connectivity index (χ3v) is 2.78. The van der Waals surface area contributed by atoms with Crippen LogP contribution in [-0.4, -0.2) is 19.2 Å². The number of carbonyl (C=O) groups excluding carboxylic acids is 1. The summed E-state index contributed by atoms with van der Waals surface area (Å²) in [4.78, 5) is 11.7. The van der Waals surface area contributed by atoms with Crippen molar-refractivity contribution in [2.75, 3.05) is 6.61 Å². The van der Waals surface area contributed by atoms with E-state index in [0.717, 1.165) is 0 Å². The molecule has 0 unspecified atom stereocenters. The monoisotopic (exact) mass is 333 g/mol. The van der Waals surface area contributed by atoms with E-state index in [2.05, 4.69) is 20.7 Å². The van der Waals surface area contributed by atoms with Crippen LogP contribution in [0.2, 0.25) is 0 Å². The van der Waals surface area contributed by atoms with Gasteiger partial charge < -0.3 is 9.47 Å². The number of rotatable bonds is 5. The molecule has 4 nitrogen and oxygen atoms in total. The summed E-state index contributed by atoms with van der Waals surface area (Å²) in [5, 5.41) is 9.34. The van der Waals surface area contributed by atoms with Crippen molar-refractivity contribution >= 4 is 21.9 Å². The summed E-state index contributed by atoms with van der Waals surface area (Å²) in [7, 11) is 0. The van der Waals surface area contributed by atoms with Gasteiger partial charge >= 0.3 is 12.6 Å². The Morgan fingerprint density at radius 2 is 2.21 bits per heavy atom. The molecule has 0 heterocycles. The van der Waals surface area contributed by atoms with Gasteiger partial charge in [0.1, 0.15) is 17.4 Å². The predicted molar refractivity (Wildman–Crippen MR) is 66.4 cm³/mol. The molecule has 0 amide bonds. The molecule has 1 rings (SSSR count). The van der Waals surface area contributed by atoms with Gasteiger partial charge in [-0.25, -0.2) is 4.79 Å². The van der Waals surface area contributed by atoms with Gasteiger partial charge in [-0.3, -0.25) is 0 Å². The lowest BCUT2D eigenvalue weighted by Crippen LogP contribution is -2.13. The second-order valence-corrected chi connectivity index (χ2v) is 3.92. The van der Waals surface area contributed by atoms with Crippen LogP contribution in [0.1, 0.15) is 28.4 Å². The van der Waals surface area contributed by atoms with Crippen LogP contribution >= 0.6 is 15.9 Å². The van der Waals surface area contributed by atoms with E-state index in [1.165, 1.54) is 12.1 Å². The molecule has 0 bridgehead atoms. The van der Waals surface area contributed by atoms with Crippen molar-refractivity contribution in [3.63, 3.8) is 0 Å². The van der Waals surface area contributed by atoms with Crippen LogP contribution in [0.25, 0.3) is 0 Å². The van der Waals surface area contributed by atoms with E-state index < -0.39 is 12.6 Å². The molecule has 0 fully saturated rings. The van der Waals surface area contributed by atoms with Crippen LogP contribution in [0.4, 0.5) is 8.78 Å². The van der Waals surface area contributed by atoms with Gasteiger partial charge in [-0.2, -0.15) is 14.0 Å². The number of hydrogen-bond donors (Lipinski definition) is 0. The molecule has 0 saturated carbocycles. The average Bonchev–Trinajstić information content (AvgIpc) is 2.37. The van der Waals surface area contributed by atoms with Gasteiger partial charge in [0.05, 0.1) is 12.2 Å². The average molecular weight is 334 g/mol. The van der Waals surface area contributed by atoms with E-state index in [-0.39, 0.29) is 23.5 Å². The maximum absolute atomic E-state index is 12.4. The smallest absolute Gasteiger partial charge is 0.387 e. The van der Waals surface area contributed by atoms with E-state index in [0.29, 0.717) is 10.9 Å². The third kappa shape index (κ3) is 3.89. The van der Waals surface area contributed by atoms with Gasteiger partial charge in [-0.15, -0.1) is 0 Å². The predicted octanol–water partition coefficient (Wildman–Crippen LogP) is 3.23. The van der Waals surface area contributed by atoms with Crippen molar-refractivity contribution in [3.8, 4) is 11.8 Å². The Bertz CT molecular complexity index is 514. The number of halogens is 3. The summed E-state index contributed by atoms with van der Waals surface area (Å²) in [6, 6.07) is 4.46. The van der Waals surface area contributed by atoms with E-state index in [4.69, 9.17) is 10.00 Å². The molecule has 1 aromatic rings. The molecular formula is C12H10BrF2NO3. The maximum atomic E-state index is 12.4. The molecule has 0 atom stereocenters. The highest BCUT2D eigenvalue weighted by molar-refractivity contribution is 9.08. The van der Waals surface area contributed by atoms with Crippen LogP contribution in [0, 0.1) is 11.3 Å². The van der Waals surface area contributed by atoms with E-state index >= 15 is 0 Å². The van der Waals surface area contributed by atoms with Gasteiger partial charge in [0.15, 0.2) is 0 Å². The fourth-order valence-corrected chi connectivity index (χ4v) is 1.76.